The number of halogens is 4. The highest BCUT2D eigenvalue weighted by atomic mass is 35.5. The van der Waals surface area contributed by atoms with Crippen molar-refractivity contribution in [3.63, 3.8) is 0 Å². The number of carbonyl (C=O) groups excluding carboxylic acids is 1. The summed E-state index contributed by atoms with van der Waals surface area (Å²) < 4.78 is 42.0. The summed E-state index contributed by atoms with van der Waals surface area (Å²) in [7, 11) is 0. The molecule has 2 atom stereocenters. The van der Waals surface area contributed by atoms with Crippen LogP contribution >= 0.6 is 12.4 Å². The van der Waals surface area contributed by atoms with E-state index in [4.69, 9.17) is 0 Å². The first-order valence-corrected chi connectivity index (χ1v) is 10.4. The summed E-state index contributed by atoms with van der Waals surface area (Å²) in [6, 6.07) is 14.3. The molecule has 2 fully saturated rings. The minimum Gasteiger partial charge on any atom is -0.507 e. The molecule has 0 aromatic heterocycles. The van der Waals surface area contributed by atoms with Gasteiger partial charge in [-0.2, -0.15) is 0 Å². The van der Waals surface area contributed by atoms with Gasteiger partial charge in [0.05, 0.1) is 0 Å². The molecule has 0 aliphatic carbocycles. The number of likely N-dealkylation sites (tertiary alicyclic amines) is 1. The largest absolute Gasteiger partial charge is 0.573 e. The number of carbonyl (C=O) groups is 1. The molecule has 0 saturated carbocycles. The number of hydrogen-bond donors (Lipinski definition) is 2. The lowest BCUT2D eigenvalue weighted by Crippen LogP contribution is -2.34. The number of benzene rings is 3. The van der Waals surface area contributed by atoms with Crippen LogP contribution in [0.25, 0.3) is 21.9 Å². The summed E-state index contributed by atoms with van der Waals surface area (Å²) in [4.78, 5) is 15.2. The number of phenols is 1. The van der Waals surface area contributed by atoms with Crippen molar-refractivity contribution >= 4 is 29.1 Å². The predicted octanol–water partition coefficient (Wildman–Crippen LogP) is 4.97. The molecule has 2 aliphatic rings. The molecule has 0 bridgehead atoms. The standard InChI is InChI=1S/C24H21F3N2O3.ClH/c25-24(26,27)32-15-7-8-22(30)20(11-15)18-5-1-4-17-16(18)3-2-6-19(17)23(31)29-12-14-9-10-28-21(14)13-29;/h1-8,11,14,21,28,30H,9-10,12-13H2;1H/t14-,21+;/m0./s1. The third-order valence-corrected chi connectivity index (χ3v) is 6.29. The van der Waals surface area contributed by atoms with Gasteiger partial charge < -0.3 is 20.1 Å². The van der Waals surface area contributed by atoms with Crippen LogP contribution in [-0.4, -0.2) is 48.0 Å². The van der Waals surface area contributed by atoms with E-state index < -0.39 is 12.1 Å². The van der Waals surface area contributed by atoms with Crippen LogP contribution in [0.3, 0.4) is 0 Å². The molecule has 2 N–H and O–H groups in total. The molecule has 33 heavy (non-hydrogen) atoms. The summed E-state index contributed by atoms with van der Waals surface area (Å²) in [6.45, 7) is 2.36. The van der Waals surface area contributed by atoms with E-state index in [2.05, 4.69) is 10.1 Å². The lowest BCUT2D eigenvalue weighted by atomic mass is 9.94. The van der Waals surface area contributed by atoms with E-state index in [1.807, 2.05) is 11.0 Å². The Kier molecular flexibility index (Phi) is 6.16. The minimum atomic E-state index is -4.84. The molecule has 5 rings (SSSR count). The number of fused-ring (bicyclic) bond motifs is 2. The Balaban J connectivity index is 0.00000259. The zero-order chi connectivity index (χ0) is 22.5. The van der Waals surface area contributed by atoms with Crippen molar-refractivity contribution in [1.82, 2.24) is 10.2 Å². The molecule has 0 radical (unpaired) electrons. The normalized spacial score (nSPS) is 19.9. The second-order valence-electron chi connectivity index (χ2n) is 8.25. The molecule has 0 unspecified atom stereocenters. The second kappa shape index (κ2) is 8.76. The van der Waals surface area contributed by atoms with Gasteiger partial charge in [-0.15, -0.1) is 25.6 Å². The van der Waals surface area contributed by atoms with Crippen LogP contribution in [0.1, 0.15) is 16.8 Å². The average molecular weight is 479 g/mol. The van der Waals surface area contributed by atoms with Gasteiger partial charge in [0.2, 0.25) is 0 Å². The number of ether oxygens (including phenoxy) is 1. The lowest BCUT2D eigenvalue weighted by Gasteiger charge is -2.19. The van der Waals surface area contributed by atoms with E-state index >= 15 is 0 Å². The molecule has 174 valence electrons. The van der Waals surface area contributed by atoms with Crippen LogP contribution in [-0.2, 0) is 0 Å². The van der Waals surface area contributed by atoms with E-state index in [0.717, 1.165) is 25.1 Å². The molecule has 2 aliphatic heterocycles. The van der Waals surface area contributed by atoms with Crippen LogP contribution in [0.2, 0.25) is 0 Å². The van der Waals surface area contributed by atoms with Gasteiger partial charge in [0.25, 0.3) is 5.91 Å². The number of hydrogen-bond acceptors (Lipinski definition) is 4. The zero-order valence-electron chi connectivity index (χ0n) is 17.4. The summed E-state index contributed by atoms with van der Waals surface area (Å²) >= 11 is 0. The summed E-state index contributed by atoms with van der Waals surface area (Å²) in [6.07, 6.45) is -3.78. The summed E-state index contributed by atoms with van der Waals surface area (Å²) in [5.41, 5.74) is 1.25. The highest BCUT2D eigenvalue weighted by molar-refractivity contribution is 6.11. The van der Waals surface area contributed by atoms with Gasteiger partial charge in [-0.25, -0.2) is 0 Å². The van der Waals surface area contributed by atoms with Crippen molar-refractivity contribution in [2.24, 2.45) is 5.92 Å². The van der Waals surface area contributed by atoms with Gasteiger partial charge in [0.15, 0.2) is 0 Å². The van der Waals surface area contributed by atoms with Gasteiger partial charge in [-0.3, -0.25) is 4.79 Å². The van der Waals surface area contributed by atoms with Crippen LogP contribution in [0.15, 0.2) is 54.6 Å². The molecular weight excluding hydrogens is 457 g/mol. The Morgan fingerprint density at radius 1 is 1.03 bits per heavy atom. The maximum atomic E-state index is 13.3. The molecule has 1 amide bonds. The maximum Gasteiger partial charge on any atom is 0.573 e. The van der Waals surface area contributed by atoms with Crippen molar-refractivity contribution in [2.45, 2.75) is 18.8 Å². The Labute approximate surface area is 194 Å². The molecule has 5 nitrogen and oxygen atoms in total. The molecule has 0 spiro atoms. The fourth-order valence-corrected chi connectivity index (χ4v) is 4.84. The van der Waals surface area contributed by atoms with E-state index in [1.165, 1.54) is 6.07 Å². The molecular formula is C24H22ClF3N2O3. The average Bonchev–Trinajstić information content (AvgIpc) is 3.35. The Hall–Kier alpha value is -2.97. The van der Waals surface area contributed by atoms with Gasteiger partial charge in [0.1, 0.15) is 11.5 Å². The zero-order valence-corrected chi connectivity index (χ0v) is 18.2. The number of rotatable bonds is 3. The second-order valence-corrected chi connectivity index (χ2v) is 8.25. The fourth-order valence-electron chi connectivity index (χ4n) is 4.84. The molecule has 2 saturated heterocycles. The highest BCUT2D eigenvalue weighted by Gasteiger charge is 2.38. The third kappa shape index (κ3) is 4.45. The Bertz CT molecular complexity index is 1190. The first kappa shape index (κ1) is 23.2. The molecule has 9 heteroatoms. The highest BCUT2D eigenvalue weighted by Crippen LogP contribution is 2.39. The number of alkyl halides is 3. The van der Waals surface area contributed by atoms with Crippen molar-refractivity contribution in [3.05, 3.63) is 60.2 Å². The van der Waals surface area contributed by atoms with Gasteiger partial charge in [-0.05, 0) is 59.5 Å². The van der Waals surface area contributed by atoms with Crippen LogP contribution in [0.5, 0.6) is 11.5 Å². The summed E-state index contributed by atoms with van der Waals surface area (Å²) in [5.74, 6) is -0.201. The SMILES string of the molecule is Cl.O=C(c1cccc2c(-c3cc(OC(F)(F)F)ccc3O)cccc12)N1C[C@@H]2CCN[C@@H]2C1. The minimum absolute atomic E-state index is 0. The number of aromatic hydroxyl groups is 1. The lowest BCUT2D eigenvalue weighted by molar-refractivity contribution is -0.274. The summed E-state index contributed by atoms with van der Waals surface area (Å²) in [5, 5.41) is 15.2. The van der Waals surface area contributed by atoms with Gasteiger partial charge in [0, 0.05) is 30.3 Å². The Morgan fingerprint density at radius 3 is 2.55 bits per heavy atom. The van der Waals surface area contributed by atoms with E-state index in [9.17, 15) is 23.1 Å². The van der Waals surface area contributed by atoms with E-state index in [0.29, 0.717) is 46.9 Å². The van der Waals surface area contributed by atoms with Crippen molar-refractivity contribution in [1.29, 1.82) is 0 Å². The van der Waals surface area contributed by atoms with Gasteiger partial charge >= 0.3 is 6.36 Å². The van der Waals surface area contributed by atoms with Crippen molar-refractivity contribution in [2.75, 3.05) is 19.6 Å². The molecule has 3 aromatic carbocycles. The topological polar surface area (TPSA) is 61.8 Å². The van der Waals surface area contributed by atoms with Crippen LogP contribution < -0.4 is 10.1 Å². The first-order chi connectivity index (χ1) is 15.3. The van der Waals surface area contributed by atoms with Crippen molar-refractivity contribution in [3.8, 4) is 22.6 Å². The molecule has 3 aromatic rings. The number of amides is 1. The number of nitrogens with one attached hydrogen (secondary N) is 1. The number of phenolic OH excluding ortho intramolecular Hbond substituents is 1. The predicted molar refractivity (Wildman–Crippen MR) is 121 cm³/mol. The van der Waals surface area contributed by atoms with Crippen molar-refractivity contribution < 1.29 is 27.8 Å². The molecule has 2 heterocycles. The maximum absolute atomic E-state index is 13.3. The quantitative estimate of drug-likeness (QED) is 0.558. The first-order valence-electron chi connectivity index (χ1n) is 10.4. The number of nitrogens with zero attached hydrogens (tertiary/aromatic N) is 1. The van der Waals surface area contributed by atoms with Gasteiger partial charge in [-0.1, -0.05) is 30.3 Å². The Morgan fingerprint density at radius 2 is 1.79 bits per heavy atom. The third-order valence-electron chi connectivity index (χ3n) is 6.29. The van der Waals surface area contributed by atoms with Crippen LogP contribution in [0, 0.1) is 5.92 Å². The van der Waals surface area contributed by atoms with Crippen LogP contribution in [0.4, 0.5) is 13.2 Å². The monoisotopic (exact) mass is 478 g/mol. The van der Waals surface area contributed by atoms with E-state index in [-0.39, 0.29) is 29.6 Å². The smallest absolute Gasteiger partial charge is 0.507 e. The fraction of sp³-hybridized carbons (Fsp3) is 0.292. The van der Waals surface area contributed by atoms with E-state index in [1.54, 1.807) is 30.3 Å².